The maximum absolute atomic E-state index is 10.3. The van der Waals surface area contributed by atoms with Crippen LogP contribution in [0.25, 0.3) is 0 Å². The summed E-state index contributed by atoms with van der Waals surface area (Å²) in [5, 5.41) is 29.7. The molecule has 4 heteroatoms. The highest BCUT2D eigenvalue weighted by Crippen LogP contribution is 2.39. The minimum absolute atomic E-state index is 0.0687. The fourth-order valence-corrected chi connectivity index (χ4v) is 2.38. The van der Waals surface area contributed by atoms with Crippen LogP contribution in [0.5, 0.6) is 17.2 Å². The number of aromatic hydroxyl groups is 2. The Morgan fingerprint density at radius 1 is 1.43 bits per heavy atom. The van der Waals surface area contributed by atoms with Gasteiger partial charge in [0.1, 0.15) is 23.4 Å². The minimum atomic E-state index is -0.777. The summed E-state index contributed by atoms with van der Waals surface area (Å²) in [7, 11) is 0. The zero-order valence-corrected chi connectivity index (χ0v) is 12.0. The van der Waals surface area contributed by atoms with E-state index in [-0.39, 0.29) is 17.9 Å². The number of phenols is 2. The molecule has 2 atom stereocenters. The van der Waals surface area contributed by atoms with Crippen LogP contribution in [-0.4, -0.2) is 27.5 Å². The van der Waals surface area contributed by atoms with Crippen molar-refractivity contribution in [3.8, 4) is 17.2 Å². The van der Waals surface area contributed by atoms with Crippen LogP contribution in [0.1, 0.15) is 18.9 Å². The van der Waals surface area contributed by atoms with Crippen LogP contribution in [0, 0.1) is 0 Å². The van der Waals surface area contributed by atoms with Gasteiger partial charge in [-0.25, -0.2) is 0 Å². The predicted molar refractivity (Wildman–Crippen MR) is 81.6 cm³/mol. The molecule has 0 saturated carbocycles. The zero-order chi connectivity index (χ0) is 15.4. The Kier molecular flexibility index (Phi) is 4.70. The Morgan fingerprint density at radius 2 is 2.19 bits per heavy atom. The van der Waals surface area contributed by atoms with Gasteiger partial charge in [-0.2, -0.15) is 0 Å². The molecule has 0 amide bonds. The zero-order valence-electron chi connectivity index (χ0n) is 12.0. The van der Waals surface area contributed by atoms with E-state index >= 15 is 0 Å². The van der Waals surface area contributed by atoms with Crippen molar-refractivity contribution in [2.24, 2.45) is 0 Å². The van der Waals surface area contributed by atoms with Crippen molar-refractivity contribution in [2.75, 3.05) is 0 Å². The molecule has 112 valence electrons. The highest BCUT2D eigenvalue weighted by atomic mass is 16.5. The first kappa shape index (κ1) is 15.2. The minimum Gasteiger partial charge on any atom is -0.508 e. The third-order valence-electron chi connectivity index (χ3n) is 3.37. The Labute approximate surface area is 124 Å². The Balaban J connectivity index is 2.36. The summed E-state index contributed by atoms with van der Waals surface area (Å²) in [5.74, 6) is 0.253. The molecule has 0 aromatic heterocycles. The molecule has 1 aliphatic rings. The SMILES string of the molecule is C=C/C=C(\C=C/CC)C1Oc2cc(O)cc(O)c2CC1O. The summed E-state index contributed by atoms with van der Waals surface area (Å²) in [4.78, 5) is 0. The average molecular weight is 288 g/mol. The highest BCUT2D eigenvalue weighted by Gasteiger charge is 2.32. The van der Waals surface area contributed by atoms with Gasteiger partial charge in [0.05, 0.1) is 6.10 Å². The molecule has 0 bridgehead atoms. The second kappa shape index (κ2) is 6.50. The molecule has 2 rings (SSSR count). The van der Waals surface area contributed by atoms with Crippen molar-refractivity contribution >= 4 is 0 Å². The predicted octanol–water partition coefficient (Wildman–Crippen LogP) is 2.84. The third kappa shape index (κ3) is 3.28. The van der Waals surface area contributed by atoms with Gasteiger partial charge >= 0.3 is 0 Å². The van der Waals surface area contributed by atoms with Crippen molar-refractivity contribution < 1.29 is 20.1 Å². The van der Waals surface area contributed by atoms with Crippen LogP contribution >= 0.6 is 0 Å². The van der Waals surface area contributed by atoms with Gasteiger partial charge in [-0.15, -0.1) is 0 Å². The van der Waals surface area contributed by atoms with Gasteiger partial charge in [-0.3, -0.25) is 0 Å². The van der Waals surface area contributed by atoms with Crippen LogP contribution in [0.3, 0.4) is 0 Å². The van der Waals surface area contributed by atoms with E-state index in [1.807, 2.05) is 19.1 Å². The molecule has 4 nitrogen and oxygen atoms in total. The number of hydrogen-bond donors (Lipinski definition) is 3. The van der Waals surface area contributed by atoms with Gasteiger partial charge < -0.3 is 20.1 Å². The quantitative estimate of drug-likeness (QED) is 0.745. The molecule has 0 saturated heterocycles. The fraction of sp³-hybridized carbons (Fsp3) is 0.294. The number of aliphatic hydroxyl groups is 1. The largest absolute Gasteiger partial charge is 0.508 e. The summed E-state index contributed by atoms with van der Waals surface area (Å²) in [5.41, 5.74) is 1.31. The van der Waals surface area contributed by atoms with Crippen LogP contribution < -0.4 is 4.74 Å². The molecule has 0 radical (unpaired) electrons. The van der Waals surface area contributed by atoms with Gasteiger partial charge in [0.25, 0.3) is 0 Å². The molecule has 1 aromatic rings. The third-order valence-corrected chi connectivity index (χ3v) is 3.37. The number of aliphatic hydroxyl groups excluding tert-OH is 1. The summed E-state index contributed by atoms with van der Waals surface area (Å²) in [6.45, 7) is 5.69. The lowest BCUT2D eigenvalue weighted by Crippen LogP contribution is -2.38. The lowest BCUT2D eigenvalue weighted by Gasteiger charge is -2.31. The van der Waals surface area contributed by atoms with Gasteiger partial charge in [-0.05, 0) is 12.0 Å². The molecule has 1 aliphatic heterocycles. The lowest BCUT2D eigenvalue weighted by molar-refractivity contribution is 0.0434. The van der Waals surface area contributed by atoms with E-state index in [9.17, 15) is 15.3 Å². The number of allylic oxidation sites excluding steroid dienone is 3. The van der Waals surface area contributed by atoms with Crippen LogP contribution in [0.15, 0.2) is 48.6 Å². The van der Waals surface area contributed by atoms with E-state index in [0.29, 0.717) is 11.3 Å². The van der Waals surface area contributed by atoms with Gasteiger partial charge in [0, 0.05) is 24.1 Å². The summed E-state index contributed by atoms with van der Waals surface area (Å²) in [6, 6.07) is 2.69. The molecule has 1 aromatic carbocycles. The monoisotopic (exact) mass is 288 g/mol. The number of fused-ring (bicyclic) bond motifs is 1. The molecule has 2 unspecified atom stereocenters. The van der Waals surface area contributed by atoms with Gasteiger partial charge in [0.2, 0.25) is 0 Å². The normalized spacial score (nSPS) is 21.9. The second-order valence-corrected chi connectivity index (χ2v) is 4.96. The van der Waals surface area contributed by atoms with E-state index in [1.165, 1.54) is 12.1 Å². The number of phenolic OH excluding ortho intramolecular Hbond substituents is 2. The van der Waals surface area contributed by atoms with Crippen LogP contribution in [-0.2, 0) is 6.42 Å². The number of hydrogen-bond acceptors (Lipinski definition) is 4. The van der Waals surface area contributed by atoms with Crippen molar-refractivity contribution in [1.82, 2.24) is 0 Å². The van der Waals surface area contributed by atoms with E-state index in [1.54, 1.807) is 12.2 Å². The summed E-state index contributed by atoms with van der Waals surface area (Å²) >= 11 is 0. The maximum Gasteiger partial charge on any atom is 0.150 e. The first-order valence-electron chi connectivity index (χ1n) is 6.95. The molecular formula is C17H20O4. The Morgan fingerprint density at radius 3 is 2.86 bits per heavy atom. The standard InChI is InChI=1S/C17H20O4/c1-3-5-7-11(6-4-2)17-15(20)10-13-14(19)8-12(18)9-16(13)21-17/h4-9,15,17-20H,2-3,10H2,1H3/b7-5-,11-6+. The lowest BCUT2D eigenvalue weighted by atomic mass is 9.93. The van der Waals surface area contributed by atoms with E-state index in [4.69, 9.17) is 4.74 Å². The first-order valence-corrected chi connectivity index (χ1v) is 6.95. The van der Waals surface area contributed by atoms with Crippen LogP contribution in [0.2, 0.25) is 0 Å². The molecule has 3 N–H and O–H groups in total. The number of rotatable bonds is 4. The highest BCUT2D eigenvalue weighted by molar-refractivity contribution is 5.52. The second-order valence-electron chi connectivity index (χ2n) is 4.96. The van der Waals surface area contributed by atoms with Crippen molar-refractivity contribution in [3.63, 3.8) is 0 Å². The Hall–Kier alpha value is -2.20. The molecule has 0 spiro atoms. The van der Waals surface area contributed by atoms with Gasteiger partial charge in [0.15, 0.2) is 0 Å². The van der Waals surface area contributed by atoms with E-state index < -0.39 is 12.2 Å². The van der Waals surface area contributed by atoms with Crippen molar-refractivity contribution in [2.45, 2.75) is 32.0 Å². The fourth-order valence-electron chi connectivity index (χ4n) is 2.38. The van der Waals surface area contributed by atoms with Gasteiger partial charge in [-0.1, -0.05) is 37.8 Å². The van der Waals surface area contributed by atoms with Crippen molar-refractivity contribution in [1.29, 1.82) is 0 Å². The summed E-state index contributed by atoms with van der Waals surface area (Å²) < 4.78 is 5.78. The Bertz CT molecular complexity index is 587. The summed E-state index contributed by atoms with van der Waals surface area (Å²) in [6.07, 6.45) is 7.09. The number of ether oxygens (including phenoxy) is 1. The first-order chi connectivity index (χ1) is 10.1. The maximum atomic E-state index is 10.3. The average Bonchev–Trinajstić information content (AvgIpc) is 2.44. The smallest absolute Gasteiger partial charge is 0.150 e. The molecule has 1 heterocycles. The molecule has 0 fully saturated rings. The molecule has 0 aliphatic carbocycles. The van der Waals surface area contributed by atoms with E-state index in [0.717, 1.165) is 12.0 Å². The van der Waals surface area contributed by atoms with E-state index in [2.05, 4.69) is 6.58 Å². The van der Waals surface area contributed by atoms with Crippen molar-refractivity contribution in [3.05, 3.63) is 54.2 Å². The number of benzene rings is 1. The molecule has 21 heavy (non-hydrogen) atoms. The van der Waals surface area contributed by atoms with Crippen LogP contribution in [0.4, 0.5) is 0 Å². The topological polar surface area (TPSA) is 69.9 Å². The molecular weight excluding hydrogens is 268 g/mol.